The molecule has 1 saturated heterocycles. The van der Waals surface area contributed by atoms with Gasteiger partial charge in [0.1, 0.15) is 0 Å². The molecule has 1 unspecified atom stereocenters. The maximum atomic E-state index is 12.3. The molecular formula is C18H24N2O2S2. The Morgan fingerprint density at radius 2 is 2.00 bits per heavy atom. The zero-order valence-electron chi connectivity index (χ0n) is 13.7. The van der Waals surface area contributed by atoms with Crippen molar-refractivity contribution in [3.63, 3.8) is 0 Å². The molecule has 2 aromatic rings. The van der Waals surface area contributed by atoms with Crippen LogP contribution in [0.15, 0.2) is 47.8 Å². The minimum absolute atomic E-state index is 0.0550. The molecule has 1 atom stereocenters. The summed E-state index contributed by atoms with van der Waals surface area (Å²) in [5, 5.41) is 2.11. The molecule has 1 aliphatic rings. The lowest BCUT2D eigenvalue weighted by Crippen LogP contribution is -2.40. The van der Waals surface area contributed by atoms with Gasteiger partial charge in [0.15, 0.2) is 0 Å². The van der Waals surface area contributed by atoms with Crippen molar-refractivity contribution in [2.45, 2.75) is 25.1 Å². The average Bonchev–Trinajstić information content (AvgIpc) is 3.07. The molecule has 0 radical (unpaired) electrons. The van der Waals surface area contributed by atoms with Crippen LogP contribution >= 0.6 is 11.3 Å². The Hall–Kier alpha value is -1.21. The van der Waals surface area contributed by atoms with Gasteiger partial charge in [-0.1, -0.05) is 36.4 Å². The quantitative estimate of drug-likeness (QED) is 0.821. The first-order valence-corrected chi connectivity index (χ1v) is 10.9. The predicted molar refractivity (Wildman–Crippen MR) is 99.4 cm³/mol. The van der Waals surface area contributed by atoms with E-state index in [1.54, 1.807) is 11.3 Å². The van der Waals surface area contributed by atoms with E-state index >= 15 is 0 Å². The van der Waals surface area contributed by atoms with Gasteiger partial charge in [-0.2, -0.15) is 0 Å². The van der Waals surface area contributed by atoms with E-state index in [4.69, 9.17) is 0 Å². The molecule has 2 heterocycles. The lowest BCUT2D eigenvalue weighted by atomic mass is 9.98. The molecule has 1 aromatic carbocycles. The molecule has 1 aliphatic heterocycles. The van der Waals surface area contributed by atoms with Gasteiger partial charge in [-0.05, 0) is 42.3 Å². The summed E-state index contributed by atoms with van der Waals surface area (Å²) >= 11 is 1.78. The Morgan fingerprint density at radius 3 is 2.75 bits per heavy atom. The van der Waals surface area contributed by atoms with Crippen LogP contribution in [-0.2, 0) is 22.3 Å². The lowest BCUT2D eigenvalue weighted by molar-refractivity contribution is 0.170. The number of likely N-dealkylation sites (tertiary alicyclic amines) is 1. The zero-order chi connectivity index (χ0) is 16.8. The van der Waals surface area contributed by atoms with Crippen molar-refractivity contribution in [3.8, 4) is 0 Å². The zero-order valence-corrected chi connectivity index (χ0v) is 15.4. The van der Waals surface area contributed by atoms with Crippen LogP contribution in [0.4, 0.5) is 0 Å². The molecule has 0 aliphatic carbocycles. The van der Waals surface area contributed by atoms with Crippen LogP contribution < -0.4 is 4.72 Å². The minimum Gasteiger partial charge on any atom is -0.298 e. The third-order valence-corrected chi connectivity index (χ3v) is 6.54. The van der Waals surface area contributed by atoms with Gasteiger partial charge in [-0.3, -0.25) is 4.90 Å². The Bertz CT molecular complexity index is 715. The van der Waals surface area contributed by atoms with Crippen molar-refractivity contribution in [1.29, 1.82) is 0 Å². The molecule has 3 rings (SSSR count). The normalized spacial score (nSPS) is 19.4. The van der Waals surface area contributed by atoms with E-state index in [0.29, 0.717) is 12.5 Å². The fourth-order valence-corrected chi connectivity index (χ4v) is 5.14. The largest absolute Gasteiger partial charge is 0.298 e. The molecule has 1 aromatic heterocycles. The standard InChI is InChI=1S/C18H24N2O2S2/c21-24(22,15-16-6-2-1-3-7-16)19-12-17-8-4-10-20(13-17)14-18-9-5-11-23-18/h1-3,5-7,9,11,17,19H,4,8,10,12-15H2. The van der Waals surface area contributed by atoms with Crippen molar-refractivity contribution in [3.05, 3.63) is 58.3 Å². The van der Waals surface area contributed by atoms with E-state index in [2.05, 4.69) is 27.1 Å². The van der Waals surface area contributed by atoms with E-state index in [-0.39, 0.29) is 5.75 Å². The van der Waals surface area contributed by atoms with Gasteiger partial charge in [0.2, 0.25) is 10.0 Å². The molecule has 6 heteroatoms. The van der Waals surface area contributed by atoms with E-state index in [9.17, 15) is 8.42 Å². The van der Waals surface area contributed by atoms with Crippen LogP contribution in [0.1, 0.15) is 23.3 Å². The second-order valence-electron chi connectivity index (χ2n) is 6.42. The predicted octanol–water partition coefficient (Wildman–Crippen LogP) is 3.08. The van der Waals surface area contributed by atoms with Crippen LogP contribution in [0.25, 0.3) is 0 Å². The summed E-state index contributed by atoms with van der Waals surface area (Å²) in [6.45, 7) is 3.58. The van der Waals surface area contributed by atoms with Crippen molar-refractivity contribution in [2.24, 2.45) is 5.92 Å². The maximum absolute atomic E-state index is 12.3. The fraction of sp³-hybridized carbons (Fsp3) is 0.444. The van der Waals surface area contributed by atoms with Crippen LogP contribution in [-0.4, -0.2) is 33.0 Å². The van der Waals surface area contributed by atoms with Gasteiger partial charge in [-0.15, -0.1) is 11.3 Å². The summed E-state index contributed by atoms with van der Waals surface area (Å²) in [7, 11) is -3.27. The van der Waals surface area contributed by atoms with Crippen molar-refractivity contribution < 1.29 is 8.42 Å². The summed E-state index contributed by atoms with van der Waals surface area (Å²) in [4.78, 5) is 3.81. The third kappa shape index (κ3) is 5.41. The number of piperidine rings is 1. The molecule has 4 nitrogen and oxygen atoms in total. The summed E-state index contributed by atoms with van der Waals surface area (Å²) in [5.74, 6) is 0.448. The molecule has 0 spiro atoms. The number of benzene rings is 1. The maximum Gasteiger partial charge on any atom is 0.215 e. The number of hydrogen-bond acceptors (Lipinski definition) is 4. The highest BCUT2D eigenvalue weighted by molar-refractivity contribution is 7.88. The second-order valence-corrected chi connectivity index (χ2v) is 9.25. The van der Waals surface area contributed by atoms with Crippen LogP contribution in [0, 0.1) is 5.92 Å². The molecule has 0 bridgehead atoms. The Kier molecular flexibility index (Phi) is 6.05. The van der Waals surface area contributed by atoms with Gasteiger partial charge < -0.3 is 0 Å². The number of thiophene rings is 1. The fourth-order valence-electron chi connectivity index (χ4n) is 3.17. The summed E-state index contributed by atoms with van der Waals surface area (Å²) in [6.07, 6.45) is 2.23. The highest BCUT2D eigenvalue weighted by Gasteiger charge is 2.22. The number of sulfonamides is 1. The number of nitrogens with zero attached hydrogens (tertiary/aromatic N) is 1. The smallest absolute Gasteiger partial charge is 0.215 e. The van der Waals surface area contributed by atoms with Crippen LogP contribution in [0.3, 0.4) is 0 Å². The first-order chi connectivity index (χ1) is 11.6. The van der Waals surface area contributed by atoms with Gasteiger partial charge in [0.25, 0.3) is 0 Å². The van der Waals surface area contributed by atoms with E-state index in [1.807, 2.05) is 30.3 Å². The SMILES string of the molecule is O=S(=O)(Cc1ccccc1)NCC1CCCN(Cc2cccs2)C1. The Labute approximate surface area is 148 Å². The van der Waals surface area contributed by atoms with E-state index < -0.39 is 10.0 Å². The summed E-state index contributed by atoms with van der Waals surface area (Å²) < 4.78 is 27.3. The molecule has 24 heavy (non-hydrogen) atoms. The second kappa shape index (κ2) is 8.25. The number of nitrogens with one attached hydrogen (secondary N) is 1. The molecule has 1 N–H and O–H groups in total. The van der Waals surface area contributed by atoms with Gasteiger partial charge in [0.05, 0.1) is 5.75 Å². The third-order valence-electron chi connectivity index (χ3n) is 4.35. The highest BCUT2D eigenvalue weighted by Crippen LogP contribution is 2.20. The van der Waals surface area contributed by atoms with E-state index in [0.717, 1.165) is 38.0 Å². The van der Waals surface area contributed by atoms with Crippen molar-refractivity contribution in [2.75, 3.05) is 19.6 Å². The van der Waals surface area contributed by atoms with Crippen LogP contribution in [0.2, 0.25) is 0 Å². The Balaban J connectivity index is 1.48. The molecule has 0 amide bonds. The average molecular weight is 365 g/mol. The van der Waals surface area contributed by atoms with Gasteiger partial charge in [0, 0.05) is 24.5 Å². The summed E-state index contributed by atoms with van der Waals surface area (Å²) in [5.41, 5.74) is 0.827. The topological polar surface area (TPSA) is 49.4 Å². The first-order valence-electron chi connectivity index (χ1n) is 8.37. The first kappa shape index (κ1) is 17.6. The minimum atomic E-state index is -3.27. The van der Waals surface area contributed by atoms with Crippen molar-refractivity contribution in [1.82, 2.24) is 9.62 Å². The molecule has 130 valence electrons. The molecular weight excluding hydrogens is 340 g/mol. The summed E-state index contributed by atoms with van der Waals surface area (Å²) in [6, 6.07) is 13.6. The van der Waals surface area contributed by atoms with Gasteiger partial charge in [-0.25, -0.2) is 13.1 Å². The number of rotatable bonds is 7. The monoisotopic (exact) mass is 364 g/mol. The van der Waals surface area contributed by atoms with Crippen LogP contribution in [0.5, 0.6) is 0 Å². The van der Waals surface area contributed by atoms with E-state index in [1.165, 1.54) is 4.88 Å². The van der Waals surface area contributed by atoms with Gasteiger partial charge >= 0.3 is 0 Å². The number of hydrogen-bond donors (Lipinski definition) is 1. The molecule has 1 fully saturated rings. The lowest BCUT2D eigenvalue weighted by Gasteiger charge is -2.32. The molecule has 0 saturated carbocycles. The Morgan fingerprint density at radius 1 is 1.17 bits per heavy atom. The highest BCUT2D eigenvalue weighted by atomic mass is 32.2. The van der Waals surface area contributed by atoms with Crippen molar-refractivity contribution >= 4 is 21.4 Å².